The molecule has 12 heteroatoms. The van der Waals surface area contributed by atoms with E-state index < -0.39 is 0 Å². The molecule has 0 saturated carbocycles. The van der Waals surface area contributed by atoms with E-state index in [4.69, 9.17) is 9.72 Å². The minimum Gasteiger partial charge on any atom is -0.379 e. The summed E-state index contributed by atoms with van der Waals surface area (Å²) >= 11 is 0. The number of aromatic nitrogens is 7. The van der Waals surface area contributed by atoms with E-state index in [9.17, 15) is 4.79 Å². The molecule has 0 aromatic carbocycles. The largest absolute Gasteiger partial charge is 0.379 e. The molecule has 0 unspecified atom stereocenters. The average Bonchev–Trinajstić information content (AvgIpc) is 3.63. The average molecular weight is 553 g/mol. The first-order chi connectivity index (χ1) is 20.1. The van der Waals surface area contributed by atoms with Crippen LogP contribution in [-0.2, 0) is 16.1 Å². The summed E-state index contributed by atoms with van der Waals surface area (Å²) in [6, 6.07) is 6.00. The highest BCUT2D eigenvalue weighted by Crippen LogP contribution is 2.30. The molecule has 7 rings (SSSR count). The predicted octanol–water partition coefficient (Wildman–Crippen LogP) is 3.07. The maximum Gasteiger partial charge on any atom is 0.227 e. The second-order valence-corrected chi connectivity index (χ2v) is 10.9. The number of carbonyl (C=O) groups is 1. The zero-order chi connectivity index (χ0) is 27.8. The first kappa shape index (κ1) is 25.7. The Labute approximate surface area is 236 Å². The van der Waals surface area contributed by atoms with Gasteiger partial charge in [-0.1, -0.05) is 0 Å². The van der Waals surface area contributed by atoms with Crippen molar-refractivity contribution < 1.29 is 9.53 Å². The number of H-pyrrole nitrogens is 2. The van der Waals surface area contributed by atoms with Crippen molar-refractivity contribution in [3.63, 3.8) is 0 Å². The summed E-state index contributed by atoms with van der Waals surface area (Å²) < 4.78 is 5.50. The highest BCUT2D eigenvalue weighted by atomic mass is 16.5. The Morgan fingerprint density at radius 1 is 1.05 bits per heavy atom. The van der Waals surface area contributed by atoms with E-state index in [2.05, 4.69) is 52.3 Å². The summed E-state index contributed by atoms with van der Waals surface area (Å²) in [4.78, 5) is 39.2. The molecule has 0 bridgehead atoms. The Hall–Kier alpha value is -4.26. The van der Waals surface area contributed by atoms with Crippen LogP contribution in [-0.4, -0.2) is 97.3 Å². The van der Waals surface area contributed by atoms with E-state index in [1.165, 1.54) is 0 Å². The molecule has 5 aromatic heterocycles. The molecule has 41 heavy (non-hydrogen) atoms. The number of likely N-dealkylation sites (tertiary alicyclic amines) is 1. The van der Waals surface area contributed by atoms with E-state index in [1.807, 2.05) is 18.2 Å². The van der Waals surface area contributed by atoms with Gasteiger partial charge in [-0.3, -0.25) is 19.8 Å². The zero-order valence-corrected chi connectivity index (χ0v) is 22.9. The smallest absolute Gasteiger partial charge is 0.227 e. The maximum absolute atomic E-state index is 12.9. The van der Waals surface area contributed by atoms with Gasteiger partial charge in [0.15, 0.2) is 17.1 Å². The van der Waals surface area contributed by atoms with Gasteiger partial charge in [0, 0.05) is 55.3 Å². The van der Waals surface area contributed by atoms with Crippen LogP contribution in [0.15, 0.2) is 43.0 Å². The third kappa shape index (κ3) is 5.29. The van der Waals surface area contributed by atoms with Crippen LogP contribution in [0.3, 0.4) is 0 Å². The van der Waals surface area contributed by atoms with E-state index in [0.29, 0.717) is 22.8 Å². The third-order valence-electron chi connectivity index (χ3n) is 8.05. The number of hydrogen-bond donors (Lipinski definition) is 3. The molecule has 0 radical (unpaired) electrons. The first-order valence-electron chi connectivity index (χ1n) is 14.0. The molecule has 0 atom stereocenters. The predicted molar refractivity (Wildman–Crippen MR) is 155 cm³/mol. The SMILES string of the molecule is CN1CCC(C(=O)Nc2cncc(-c3cnc4n[nH]c(-c5nc6nccc(CN7CCOCC7)c6[nH]5)c4c3)c2)CC1. The summed E-state index contributed by atoms with van der Waals surface area (Å²) in [7, 11) is 2.09. The van der Waals surface area contributed by atoms with Crippen LogP contribution in [0, 0.1) is 5.92 Å². The van der Waals surface area contributed by atoms with Crippen LogP contribution >= 0.6 is 0 Å². The van der Waals surface area contributed by atoms with Crippen LogP contribution in [0.5, 0.6) is 0 Å². The molecule has 0 aliphatic carbocycles. The summed E-state index contributed by atoms with van der Waals surface area (Å²) in [5, 5.41) is 11.4. The summed E-state index contributed by atoms with van der Waals surface area (Å²) in [5.41, 5.74) is 6.44. The molecule has 210 valence electrons. The lowest BCUT2D eigenvalue weighted by atomic mass is 9.96. The van der Waals surface area contributed by atoms with E-state index >= 15 is 0 Å². The van der Waals surface area contributed by atoms with Crippen molar-refractivity contribution in [1.29, 1.82) is 0 Å². The summed E-state index contributed by atoms with van der Waals surface area (Å²) in [5.74, 6) is 0.726. The maximum atomic E-state index is 12.9. The lowest BCUT2D eigenvalue weighted by Crippen LogP contribution is -2.35. The van der Waals surface area contributed by atoms with Gasteiger partial charge in [0.2, 0.25) is 5.91 Å². The van der Waals surface area contributed by atoms with Gasteiger partial charge in [0.05, 0.1) is 36.0 Å². The highest BCUT2D eigenvalue weighted by molar-refractivity contribution is 5.95. The number of hydrogen-bond acceptors (Lipinski definition) is 9. The Bertz CT molecular complexity index is 1700. The lowest BCUT2D eigenvalue weighted by molar-refractivity contribution is -0.121. The monoisotopic (exact) mass is 552 g/mol. The molecular weight excluding hydrogens is 520 g/mol. The van der Waals surface area contributed by atoms with Crippen LogP contribution in [0.2, 0.25) is 0 Å². The number of morpholine rings is 1. The van der Waals surface area contributed by atoms with Gasteiger partial charge >= 0.3 is 0 Å². The number of anilines is 1. The molecule has 5 aromatic rings. The second-order valence-electron chi connectivity index (χ2n) is 10.9. The van der Waals surface area contributed by atoms with Gasteiger partial charge in [-0.25, -0.2) is 15.0 Å². The van der Waals surface area contributed by atoms with Crippen LogP contribution in [0.25, 0.3) is 44.8 Å². The topological polar surface area (TPSA) is 141 Å². The Morgan fingerprint density at radius 2 is 1.88 bits per heavy atom. The number of aromatic amines is 2. The van der Waals surface area contributed by atoms with E-state index in [1.54, 1.807) is 24.8 Å². The standard InChI is InChI=1S/C29H32N10O2/c1-38-6-3-18(4-7-38)29(40)33-22-12-20(14-30-16-22)21-13-23-25(36-37-26(23)32-15-21)28-34-24-19(2-5-31-27(24)35-28)17-39-8-10-41-11-9-39/h2,5,12-16,18H,3-4,6-11,17H2,1H3,(H,33,40)(H,31,34,35)(H,32,36,37). The van der Waals surface area contributed by atoms with Crippen molar-refractivity contribution in [1.82, 2.24) is 44.9 Å². The minimum atomic E-state index is 0.0223. The number of rotatable bonds is 6. The molecule has 2 saturated heterocycles. The molecule has 12 nitrogen and oxygen atoms in total. The van der Waals surface area contributed by atoms with Crippen LogP contribution in [0.1, 0.15) is 18.4 Å². The zero-order valence-electron chi connectivity index (χ0n) is 22.9. The van der Waals surface area contributed by atoms with Gasteiger partial charge in [-0.15, -0.1) is 0 Å². The van der Waals surface area contributed by atoms with Crippen molar-refractivity contribution in [2.45, 2.75) is 19.4 Å². The summed E-state index contributed by atoms with van der Waals surface area (Å²) in [6.45, 7) is 5.99. The molecule has 7 heterocycles. The van der Waals surface area contributed by atoms with Crippen LogP contribution < -0.4 is 5.32 Å². The van der Waals surface area contributed by atoms with Gasteiger partial charge in [-0.2, -0.15) is 5.10 Å². The minimum absolute atomic E-state index is 0.0223. The highest BCUT2D eigenvalue weighted by Gasteiger charge is 2.24. The number of amides is 1. The van der Waals surface area contributed by atoms with Gasteiger partial charge in [0.1, 0.15) is 5.69 Å². The molecule has 2 aliphatic rings. The number of imidazole rings is 1. The normalized spacial score (nSPS) is 17.4. The van der Waals surface area contributed by atoms with Crippen molar-refractivity contribution in [3.05, 3.63) is 48.5 Å². The number of ether oxygens (including phenoxy) is 1. The summed E-state index contributed by atoms with van der Waals surface area (Å²) in [6.07, 6.45) is 8.76. The lowest BCUT2D eigenvalue weighted by Gasteiger charge is -2.28. The Balaban J connectivity index is 1.16. The molecule has 2 fully saturated rings. The van der Waals surface area contributed by atoms with Gasteiger partial charge in [0.25, 0.3) is 0 Å². The number of fused-ring (bicyclic) bond motifs is 2. The molecular formula is C29H32N10O2. The fraction of sp³-hybridized carbons (Fsp3) is 0.379. The third-order valence-corrected chi connectivity index (χ3v) is 8.05. The number of pyridine rings is 3. The van der Waals surface area contributed by atoms with Gasteiger partial charge < -0.3 is 19.9 Å². The van der Waals surface area contributed by atoms with E-state index in [-0.39, 0.29) is 11.8 Å². The second kappa shape index (κ2) is 11.0. The fourth-order valence-corrected chi connectivity index (χ4v) is 5.63. The van der Waals surface area contributed by atoms with Gasteiger partial charge in [-0.05, 0) is 56.7 Å². The number of carbonyl (C=O) groups excluding carboxylic acids is 1. The molecule has 1 amide bonds. The fourth-order valence-electron chi connectivity index (χ4n) is 5.63. The van der Waals surface area contributed by atoms with Crippen molar-refractivity contribution in [2.75, 3.05) is 51.8 Å². The van der Waals surface area contributed by atoms with E-state index in [0.717, 1.165) is 92.1 Å². The number of nitrogens with zero attached hydrogens (tertiary/aromatic N) is 7. The number of nitrogens with one attached hydrogen (secondary N) is 3. The number of piperidine rings is 1. The molecule has 3 N–H and O–H groups in total. The molecule has 0 spiro atoms. The van der Waals surface area contributed by atoms with Crippen molar-refractivity contribution in [3.8, 4) is 22.6 Å². The first-order valence-corrected chi connectivity index (χ1v) is 14.0. The van der Waals surface area contributed by atoms with Crippen molar-refractivity contribution >= 4 is 33.8 Å². The molecule has 2 aliphatic heterocycles. The quantitative estimate of drug-likeness (QED) is 0.290. The van der Waals surface area contributed by atoms with Crippen LogP contribution in [0.4, 0.5) is 5.69 Å². The van der Waals surface area contributed by atoms with Crippen molar-refractivity contribution in [2.24, 2.45) is 5.92 Å². The Morgan fingerprint density at radius 3 is 2.73 bits per heavy atom. The Kier molecular flexibility index (Phi) is 6.87.